The quantitative estimate of drug-likeness (QED) is 0.777. The number of likely N-dealkylation sites (tertiary alicyclic amines) is 1. The molecule has 0 spiro atoms. The number of hydrogen-bond donors (Lipinski definition) is 1. The lowest BCUT2D eigenvalue weighted by atomic mass is 9.97. The molecule has 0 saturated carbocycles. The summed E-state index contributed by atoms with van der Waals surface area (Å²) in [5.74, 6) is 0.0226. The van der Waals surface area contributed by atoms with Crippen molar-refractivity contribution in [2.24, 2.45) is 0 Å². The van der Waals surface area contributed by atoms with Crippen molar-refractivity contribution in [3.63, 3.8) is 0 Å². The van der Waals surface area contributed by atoms with Gasteiger partial charge in [-0.25, -0.2) is 0 Å². The highest BCUT2D eigenvalue weighted by atomic mass is 19.3. The largest absolute Gasteiger partial charge is 0.379 e. The number of alkyl halides is 2. The van der Waals surface area contributed by atoms with Gasteiger partial charge in [-0.1, -0.05) is 30.3 Å². The van der Waals surface area contributed by atoms with Crippen molar-refractivity contribution in [2.75, 3.05) is 32.8 Å². The molecule has 160 valence electrons. The molecule has 2 unspecified atom stereocenters. The van der Waals surface area contributed by atoms with Gasteiger partial charge in [0.05, 0.1) is 25.5 Å². The van der Waals surface area contributed by atoms with E-state index in [4.69, 9.17) is 9.47 Å². The van der Waals surface area contributed by atoms with Crippen molar-refractivity contribution in [2.45, 2.75) is 56.6 Å². The molecule has 0 bridgehead atoms. The maximum atomic E-state index is 13.0. The molecule has 0 radical (unpaired) electrons. The molecule has 3 fully saturated rings. The first-order chi connectivity index (χ1) is 14.1. The molecule has 4 atom stereocenters. The Balaban J connectivity index is 1.49. The van der Waals surface area contributed by atoms with Crippen molar-refractivity contribution in [3.05, 3.63) is 35.9 Å². The van der Waals surface area contributed by atoms with E-state index in [1.165, 1.54) is 0 Å². The van der Waals surface area contributed by atoms with Crippen molar-refractivity contribution in [1.82, 2.24) is 15.1 Å². The van der Waals surface area contributed by atoms with Crippen molar-refractivity contribution in [3.8, 4) is 0 Å². The van der Waals surface area contributed by atoms with Crippen LogP contribution in [0.15, 0.2) is 30.3 Å². The summed E-state index contributed by atoms with van der Waals surface area (Å²) in [5, 5.41) is 3.10. The lowest BCUT2D eigenvalue weighted by Crippen LogP contribution is -2.60. The number of benzene rings is 1. The fourth-order valence-electron chi connectivity index (χ4n) is 4.93. The highest BCUT2D eigenvalue weighted by Gasteiger charge is 2.43. The maximum absolute atomic E-state index is 13.0. The summed E-state index contributed by atoms with van der Waals surface area (Å²) in [4.78, 5) is 17.0. The van der Waals surface area contributed by atoms with Gasteiger partial charge in [0.1, 0.15) is 0 Å². The van der Waals surface area contributed by atoms with Gasteiger partial charge in [0.25, 0.3) is 0 Å². The minimum Gasteiger partial charge on any atom is -0.379 e. The minimum atomic E-state index is -2.79. The standard InChI is InChI=1S/C21H29F2N3O3/c22-21(23)29-18-6-7-26(17(18)12-15-4-2-1-3-5-15)19-13-16(14-20(27)24-19)25-8-10-28-11-9-25/h1-5,16-19,21H,6-14H2,(H,24,27)/t16?,17-,18+,19?/m0/s1. The second kappa shape index (κ2) is 9.47. The van der Waals surface area contributed by atoms with E-state index >= 15 is 0 Å². The van der Waals surface area contributed by atoms with Gasteiger partial charge in [-0.2, -0.15) is 8.78 Å². The molecule has 3 aliphatic rings. The van der Waals surface area contributed by atoms with Gasteiger partial charge in [0.15, 0.2) is 0 Å². The van der Waals surface area contributed by atoms with E-state index in [2.05, 4.69) is 15.1 Å². The first-order valence-electron chi connectivity index (χ1n) is 10.4. The Morgan fingerprint density at radius 1 is 1.17 bits per heavy atom. The van der Waals surface area contributed by atoms with Crippen LogP contribution in [0, 0.1) is 0 Å². The molecule has 0 aromatic heterocycles. The second-order valence-electron chi connectivity index (χ2n) is 8.04. The third kappa shape index (κ3) is 5.12. The molecule has 1 aromatic rings. The third-order valence-electron chi connectivity index (χ3n) is 6.30. The first-order valence-corrected chi connectivity index (χ1v) is 10.4. The van der Waals surface area contributed by atoms with Gasteiger partial charge < -0.3 is 14.8 Å². The predicted molar refractivity (Wildman–Crippen MR) is 103 cm³/mol. The molecule has 0 aliphatic carbocycles. The van der Waals surface area contributed by atoms with Crippen LogP contribution in [0.1, 0.15) is 24.8 Å². The third-order valence-corrected chi connectivity index (χ3v) is 6.30. The number of ether oxygens (including phenoxy) is 2. The lowest BCUT2D eigenvalue weighted by Gasteiger charge is -2.43. The van der Waals surface area contributed by atoms with Gasteiger partial charge in [-0.15, -0.1) is 0 Å². The number of nitrogens with one attached hydrogen (secondary N) is 1. The van der Waals surface area contributed by atoms with E-state index in [0.29, 0.717) is 39.0 Å². The maximum Gasteiger partial charge on any atom is 0.345 e. The Hall–Kier alpha value is -1.61. The summed E-state index contributed by atoms with van der Waals surface area (Å²) >= 11 is 0. The molecule has 4 rings (SSSR count). The Kier molecular flexibility index (Phi) is 6.74. The van der Waals surface area contributed by atoms with Crippen LogP contribution >= 0.6 is 0 Å². The van der Waals surface area contributed by atoms with Gasteiger partial charge in [0.2, 0.25) is 5.91 Å². The Bertz CT molecular complexity index is 672. The molecule has 1 aromatic carbocycles. The average molecular weight is 409 g/mol. The van der Waals surface area contributed by atoms with E-state index in [1.807, 2.05) is 30.3 Å². The number of piperidine rings is 1. The van der Waals surface area contributed by atoms with Crippen LogP contribution < -0.4 is 5.32 Å². The SMILES string of the molecule is O=C1CC(N2CCOCC2)CC(N2CC[C@@H](OC(F)F)[C@@H]2Cc2ccccc2)N1. The van der Waals surface area contributed by atoms with Crippen LogP contribution in [0.2, 0.25) is 0 Å². The molecule has 1 amide bonds. The van der Waals surface area contributed by atoms with E-state index in [9.17, 15) is 13.6 Å². The number of amides is 1. The summed E-state index contributed by atoms with van der Waals surface area (Å²) < 4.78 is 36.4. The van der Waals surface area contributed by atoms with Gasteiger partial charge in [-0.05, 0) is 24.8 Å². The molecular formula is C21H29F2N3O3. The van der Waals surface area contributed by atoms with Crippen LogP contribution in [0.4, 0.5) is 8.78 Å². The summed E-state index contributed by atoms with van der Waals surface area (Å²) in [6.07, 6.45) is 1.71. The van der Waals surface area contributed by atoms with Crippen LogP contribution in [-0.4, -0.2) is 79.5 Å². The molecule has 29 heavy (non-hydrogen) atoms. The van der Waals surface area contributed by atoms with E-state index < -0.39 is 12.7 Å². The van der Waals surface area contributed by atoms with Crippen molar-refractivity contribution in [1.29, 1.82) is 0 Å². The van der Waals surface area contributed by atoms with Crippen LogP contribution in [-0.2, 0) is 20.7 Å². The van der Waals surface area contributed by atoms with Gasteiger partial charge in [-0.3, -0.25) is 14.6 Å². The van der Waals surface area contributed by atoms with Crippen LogP contribution in [0.5, 0.6) is 0 Å². The molecule has 8 heteroatoms. The molecule has 3 saturated heterocycles. The Morgan fingerprint density at radius 2 is 1.93 bits per heavy atom. The number of rotatable bonds is 6. The van der Waals surface area contributed by atoms with E-state index in [-0.39, 0.29) is 24.2 Å². The van der Waals surface area contributed by atoms with Crippen molar-refractivity contribution < 1.29 is 23.0 Å². The summed E-state index contributed by atoms with van der Waals surface area (Å²) in [6, 6.07) is 9.82. The molecule has 6 nitrogen and oxygen atoms in total. The Labute approximate surface area is 170 Å². The number of morpholine rings is 1. The highest BCUT2D eigenvalue weighted by molar-refractivity contribution is 5.77. The molecule has 3 aliphatic heterocycles. The van der Waals surface area contributed by atoms with E-state index in [0.717, 1.165) is 25.1 Å². The predicted octanol–water partition coefficient (Wildman–Crippen LogP) is 1.85. The second-order valence-corrected chi connectivity index (χ2v) is 8.04. The average Bonchev–Trinajstić information content (AvgIpc) is 3.10. The van der Waals surface area contributed by atoms with Gasteiger partial charge in [0, 0.05) is 38.1 Å². The molecular weight excluding hydrogens is 380 g/mol. The lowest BCUT2D eigenvalue weighted by molar-refractivity contribution is -0.170. The highest BCUT2D eigenvalue weighted by Crippen LogP contribution is 2.30. The van der Waals surface area contributed by atoms with Crippen LogP contribution in [0.25, 0.3) is 0 Å². The van der Waals surface area contributed by atoms with E-state index in [1.54, 1.807) is 0 Å². The zero-order valence-corrected chi connectivity index (χ0v) is 16.5. The number of halogens is 2. The fourth-order valence-corrected chi connectivity index (χ4v) is 4.93. The normalized spacial score (nSPS) is 31.9. The molecule has 3 heterocycles. The van der Waals surface area contributed by atoms with Crippen LogP contribution in [0.3, 0.4) is 0 Å². The summed E-state index contributed by atoms with van der Waals surface area (Å²) in [6.45, 7) is 0.876. The smallest absolute Gasteiger partial charge is 0.345 e. The zero-order valence-electron chi connectivity index (χ0n) is 16.5. The topological polar surface area (TPSA) is 54.0 Å². The summed E-state index contributed by atoms with van der Waals surface area (Å²) in [5.41, 5.74) is 1.08. The molecule has 1 N–H and O–H groups in total. The van der Waals surface area contributed by atoms with Gasteiger partial charge >= 0.3 is 6.61 Å². The monoisotopic (exact) mass is 409 g/mol. The zero-order chi connectivity index (χ0) is 20.2. The number of nitrogens with zero attached hydrogens (tertiary/aromatic N) is 2. The number of carbonyl (C=O) groups is 1. The first kappa shape index (κ1) is 20.7. The fraction of sp³-hybridized carbons (Fsp3) is 0.667. The summed E-state index contributed by atoms with van der Waals surface area (Å²) in [7, 11) is 0. The van der Waals surface area contributed by atoms with Crippen molar-refractivity contribution >= 4 is 5.91 Å². The number of carbonyl (C=O) groups excluding carboxylic acids is 1. The number of hydrogen-bond acceptors (Lipinski definition) is 5. The Morgan fingerprint density at radius 3 is 2.66 bits per heavy atom. The minimum absolute atomic E-state index is 0.0226.